The Morgan fingerprint density at radius 1 is 1.33 bits per heavy atom. The van der Waals surface area contributed by atoms with Crippen LogP contribution in [0.25, 0.3) is 0 Å². The number of methoxy groups -OCH3 is 1. The van der Waals surface area contributed by atoms with Crippen molar-refractivity contribution < 1.29 is 14.6 Å². The number of likely N-dealkylation sites (tertiary alicyclic amines) is 1. The Hall–Kier alpha value is -1.89. The van der Waals surface area contributed by atoms with Gasteiger partial charge in [-0.15, -0.1) is 0 Å². The number of β-amino-alcohol motifs (C(OH)–C–C–N with tert-alkyl or cyclic N) is 1. The number of aliphatic hydroxyl groups is 1. The molecule has 1 aliphatic heterocycles. The molecule has 0 unspecified atom stereocenters. The number of hydrogen-bond acceptors (Lipinski definition) is 5. The second kappa shape index (κ2) is 7.34. The van der Waals surface area contributed by atoms with Crippen molar-refractivity contribution in [2.45, 2.75) is 18.7 Å². The lowest BCUT2D eigenvalue weighted by atomic mass is 10.1. The number of ether oxygens (including phenoxy) is 1. The smallest absolute Gasteiger partial charge is 0.254 e. The molecule has 1 aromatic carbocycles. The molecule has 1 aliphatic rings. The van der Waals surface area contributed by atoms with Gasteiger partial charge in [0.1, 0.15) is 5.75 Å². The molecule has 2 atom stereocenters. The van der Waals surface area contributed by atoms with Gasteiger partial charge in [-0.3, -0.25) is 9.69 Å². The van der Waals surface area contributed by atoms with E-state index in [1.54, 1.807) is 12.0 Å². The van der Waals surface area contributed by atoms with E-state index in [4.69, 9.17) is 4.74 Å². The highest BCUT2D eigenvalue weighted by Gasteiger charge is 2.36. The highest BCUT2D eigenvalue weighted by molar-refractivity contribution is 7.08. The van der Waals surface area contributed by atoms with E-state index >= 15 is 0 Å². The van der Waals surface area contributed by atoms with E-state index in [1.165, 1.54) is 11.3 Å². The summed E-state index contributed by atoms with van der Waals surface area (Å²) in [7, 11) is 3.63. The minimum atomic E-state index is -0.532. The molecule has 0 aliphatic carbocycles. The summed E-state index contributed by atoms with van der Waals surface area (Å²) in [6, 6.07) is 9.67. The molecule has 6 heteroatoms. The zero-order chi connectivity index (χ0) is 17.1. The Labute approximate surface area is 146 Å². The van der Waals surface area contributed by atoms with Gasteiger partial charge < -0.3 is 14.7 Å². The second-order valence-electron chi connectivity index (χ2n) is 6.12. The fraction of sp³-hybridized carbons (Fsp3) is 0.389. The molecular formula is C18H22N2O3S. The van der Waals surface area contributed by atoms with Gasteiger partial charge in [-0.1, -0.05) is 12.1 Å². The van der Waals surface area contributed by atoms with Gasteiger partial charge in [0.05, 0.1) is 24.8 Å². The van der Waals surface area contributed by atoms with Crippen LogP contribution in [0.15, 0.2) is 41.1 Å². The third kappa shape index (κ3) is 3.61. The first-order valence-electron chi connectivity index (χ1n) is 7.91. The largest absolute Gasteiger partial charge is 0.497 e. The molecule has 2 aromatic rings. The number of amides is 1. The minimum absolute atomic E-state index is 0.00403. The molecule has 0 saturated carbocycles. The lowest BCUT2D eigenvalue weighted by Crippen LogP contribution is -2.40. The lowest BCUT2D eigenvalue weighted by molar-refractivity contribution is 0.0763. The number of benzene rings is 1. The summed E-state index contributed by atoms with van der Waals surface area (Å²) in [5.41, 5.74) is 1.85. The first kappa shape index (κ1) is 17.0. The predicted octanol–water partition coefficient (Wildman–Crippen LogP) is 2.07. The molecule has 1 fully saturated rings. The maximum Gasteiger partial charge on any atom is 0.254 e. The van der Waals surface area contributed by atoms with Crippen molar-refractivity contribution >= 4 is 17.2 Å². The zero-order valence-electron chi connectivity index (χ0n) is 13.9. The monoisotopic (exact) mass is 346 g/mol. The average Bonchev–Trinajstić information content (AvgIpc) is 3.24. The normalized spacial score (nSPS) is 20.6. The average molecular weight is 346 g/mol. The van der Waals surface area contributed by atoms with Gasteiger partial charge in [-0.25, -0.2) is 0 Å². The third-order valence-corrected chi connectivity index (χ3v) is 5.15. The summed E-state index contributed by atoms with van der Waals surface area (Å²) >= 11 is 1.51. The summed E-state index contributed by atoms with van der Waals surface area (Å²) in [6.07, 6.45) is -0.532. The SMILES string of the molecule is COc1ccc(CN(C)[C@@H]2CN(C(=O)c3ccsc3)C[C@H]2O)cc1. The molecule has 0 spiro atoms. The van der Waals surface area contributed by atoms with E-state index in [-0.39, 0.29) is 11.9 Å². The Balaban J connectivity index is 1.62. The van der Waals surface area contributed by atoms with Crippen LogP contribution in [0.1, 0.15) is 15.9 Å². The Bertz CT molecular complexity index is 672. The lowest BCUT2D eigenvalue weighted by Gasteiger charge is -2.26. The highest BCUT2D eigenvalue weighted by atomic mass is 32.1. The second-order valence-corrected chi connectivity index (χ2v) is 6.90. The van der Waals surface area contributed by atoms with Gasteiger partial charge in [0.15, 0.2) is 0 Å². The topological polar surface area (TPSA) is 53.0 Å². The van der Waals surface area contributed by atoms with Gasteiger partial charge in [0, 0.05) is 25.0 Å². The molecule has 5 nitrogen and oxygen atoms in total. The van der Waals surface area contributed by atoms with Crippen LogP contribution in [-0.4, -0.2) is 60.2 Å². The molecule has 24 heavy (non-hydrogen) atoms. The van der Waals surface area contributed by atoms with Crippen molar-refractivity contribution in [2.24, 2.45) is 0 Å². The fourth-order valence-electron chi connectivity index (χ4n) is 3.07. The minimum Gasteiger partial charge on any atom is -0.497 e. The first-order chi connectivity index (χ1) is 11.6. The molecule has 1 amide bonds. The van der Waals surface area contributed by atoms with Crippen LogP contribution >= 0.6 is 11.3 Å². The van der Waals surface area contributed by atoms with E-state index in [2.05, 4.69) is 4.90 Å². The van der Waals surface area contributed by atoms with Crippen molar-refractivity contribution in [1.82, 2.24) is 9.80 Å². The van der Waals surface area contributed by atoms with Crippen LogP contribution in [-0.2, 0) is 6.54 Å². The van der Waals surface area contributed by atoms with Gasteiger partial charge in [-0.05, 0) is 36.2 Å². The summed E-state index contributed by atoms with van der Waals surface area (Å²) in [6.45, 7) is 1.64. The number of aliphatic hydroxyl groups excluding tert-OH is 1. The molecular weight excluding hydrogens is 324 g/mol. The van der Waals surface area contributed by atoms with Crippen molar-refractivity contribution in [3.63, 3.8) is 0 Å². The standard InChI is InChI=1S/C18H22N2O3S/c1-19(9-13-3-5-15(23-2)6-4-13)16-10-20(11-17(16)21)18(22)14-7-8-24-12-14/h3-8,12,16-17,21H,9-11H2,1-2H3/t16-,17-/m1/s1. The number of nitrogens with zero attached hydrogens (tertiary/aromatic N) is 2. The van der Waals surface area contributed by atoms with Gasteiger partial charge in [0.2, 0.25) is 0 Å². The first-order valence-corrected chi connectivity index (χ1v) is 8.85. The molecule has 2 heterocycles. The summed E-state index contributed by atoms with van der Waals surface area (Å²) in [5.74, 6) is 0.825. The molecule has 128 valence electrons. The third-order valence-electron chi connectivity index (χ3n) is 4.47. The number of hydrogen-bond donors (Lipinski definition) is 1. The quantitative estimate of drug-likeness (QED) is 0.901. The van der Waals surface area contributed by atoms with Crippen LogP contribution in [0, 0.1) is 0 Å². The van der Waals surface area contributed by atoms with Crippen molar-refractivity contribution in [3.8, 4) is 5.75 Å². The van der Waals surface area contributed by atoms with Crippen molar-refractivity contribution in [3.05, 3.63) is 52.2 Å². The highest BCUT2D eigenvalue weighted by Crippen LogP contribution is 2.21. The van der Waals surface area contributed by atoms with Crippen molar-refractivity contribution in [2.75, 3.05) is 27.2 Å². The van der Waals surface area contributed by atoms with Crippen LogP contribution < -0.4 is 4.74 Å². The van der Waals surface area contributed by atoms with Crippen LogP contribution in [0.2, 0.25) is 0 Å². The number of rotatable bonds is 5. The van der Waals surface area contributed by atoms with Crippen molar-refractivity contribution in [1.29, 1.82) is 0 Å². The Morgan fingerprint density at radius 2 is 2.08 bits per heavy atom. The number of carbonyl (C=O) groups is 1. The molecule has 0 radical (unpaired) electrons. The maximum absolute atomic E-state index is 12.4. The number of thiophene rings is 1. The Morgan fingerprint density at radius 3 is 2.71 bits per heavy atom. The van der Waals surface area contributed by atoms with E-state index in [0.717, 1.165) is 11.3 Å². The molecule has 1 N–H and O–H groups in total. The van der Waals surface area contributed by atoms with Crippen LogP contribution in [0.4, 0.5) is 0 Å². The van der Waals surface area contributed by atoms with E-state index in [9.17, 15) is 9.90 Å². The van der Waals surface area contributed by atoms with Gasteiger partial charge >= 0.3 is 0 Å². The van der Waals surface area contributed by atoms with Crippen LogP contribution in [0.3, 0.4) is 0 Å². The summed E-state index contributed by atoms with van der Waals surface area (Å²) in [5, 5.41) is 14.1. The number of likely N-dealkylation sites (N-methyl/N-ethyl adjacent to an activating group) is 1. The molecule has 1 aromatic heterocycles. The van der Waals surface area contributed by atoms with E-state index in [0.29, 0.717) is 25.2 Å². The Kier molecular flexibility index (Phi) is 5.18. The van der Waals surface area contributed by atoms with E-state index in [1.807, 2.05) is 48.1 Å². The maximum atomic E-state index is 12.4. The summed E-state index contributed by atoms with van der Waals surface area (Å²) < 4.78 is 5.17. The van der Waals surface area contributed by atoms with Gasteiger partial charge in [0.25, 0.3) is 5.91 Å². The predicted molar refractivity (Wildman–Crippen MR) is 94.5 cm³/mol. The fourth-order valence-corrected chi connectivity index (χ4v) is 3.70. The summed E-state index contributed by atoms with van der Waals surface area (Å²) in [4.78, 5) is 16.3. The number of carbonyl (C=O) groups excluding carboxylic acids is 1. The van der Waals surface area contributed by atoms with Gasteiger partial charge in [-0.2, -0.15) is 11.3 Å². The molecule has 3 rings (SSSR count). The van der Waals surface area contributed by atoms with E-state index < -0.39 is 6.10 Å². The zero-order valence-corrected chi connectivity index (χ0v) is 14.7. The molecule has 1 saturated heterocycles. The van der Waals surface area contributed by atoms with Crippen LogP contribution in [0.5, 0.6) is 5.75 Å². The molecule has 0 bridgehead atoms.